The maximum atomic E-state index is 12.4. The smallest absolute Gasteiger partial charge is 0.386 e. The Bertz CT molecular complexity index is 404. The number of nitrogens with two attached hydrogens (primary N) is 1. The molecular weight excluding hydrogens is 253 g/mol. The van der Waals surface area contributed by atoms with Gasteiger partial charge in [0.05, 0.1) is 10.9 Å². The van der Waals surface area contributed by atoms with Gasteiger partial charge >= 0.3 is 6.18 Å². The van der Waals surface area contributed by atoms with E-state index in [1.807, 2.05) is 0 Å². The maximum Gasteiger partial charge on any atom is 0.416 e. The summed E-state index contributed by atoms with van der Waals surface area (Å²) in [5, 5.41) is 6.44. The first-order valence-electron chi connectivity index (χ1n) is 4.95. The van der Waals surface area contributed by atoms with Crippen LogP contribution in [0.4, 0.5) is 13.2 Å². The predicted molar refractivity (Wildman–Crippen MR) is 61.3 cm³/mol. The monoisotopic (exact) mass is 264 g/mol. The lowest BCUT2D eigenvalue weighted by molar-refractivity contribution is -0.137. The molecule has 0 radical (unpaired) electrons. The van der Waals surface area contributed by atoms with Gasteiger partial charge in [-0.3, -0.25) is 5.41 Å². The molecule has 1 aromatic carbocycles. The summed E-state index contributed by atoms with van der Waals surface area (Å²) < 4.78 is 37.2. The molecule has 0 aliphatic heterocycles. The fourth-order valence-electron chi connectivity index (χ4n) is 1.35. The zero-order chi connectivity index (χ0) is 13.1. The lowest BCUT2D eigenvalue weighted by Crippen LogP contribution is -2.23. The van der Waals surface area contributed by atoms with Crippen molar-refractivity contribution in [2.45, 2.75) is 24.4 Å². The highest BCUT2D eigenvalue weighted by molar-refractivity contribution is 6.30. The van der Waals surface area contributed by atoms with E-state index in [4.69, 9.17) is 22.7 Å². The van der Waals surface area contributed by atoms with Crippen molar-refractivity contribution in [2.75, 3.05) is 0 Å². The molecule has 1 atom stereocenters. The van der Waals surface area contributed by atoms with Gasteiger partial charge in [-0.05, 0) is 24.5 Å². The average Bonchev–Trinajstić information content (AvgIpc) is 2.25. The first-order valence-corrected chi connectivity index (χ1v) is 5.38. The zero-order valence-corrected chi connectivity index (χ0v) is 9.65. The third-order valence-electron chi connectivity index (χ3n) is 2.28. The molecule has 1 aromatic rings. The Balaban J connectivity index is 2.70. The standard InChI is InChI=1S/C11H12ClF3N2/c12-9(10(16)17)5-4-7-2-1-3-8(6-7)11(13,14)15/h1-3,6,9H,4-5H2,(H3,16,17). The Morgan fingerprint density at radius 3 is 2.59 bits per heavy atom. The SMILES string of the molecule is N=C(N)C(Cl)CCc1cccc(C(F)(F)F)c1. The molecule has 1 rings (SSSR count). The largest absolute Gasteiger partial charge is 0.416 e. The fourth-order valence-corrected chi connectivity index (χ4v) is 1.46. The Kier molecular flexibility index (Phi) is 4.40. The molecule has 0 bridgehead atoms. The van der Waals surface area contributed by atoms with Crippen LogP contribution in [0.3, 0.4) is 0 Å². The molecule has 0 saturated carbocycles. The van der Waals surface area contributed by atoms with Crippen LogP contribution in [0.15, 0.2) is 24.3 Å². The van der Waals surface area contributed by atoms with E-state index in [0.717, 1.165) is 12.1 Å². The van der Waals surface area contributed by atoms with E-state index < -0.39 is 17.1 Å². The second kappa shape index (κ2) is 5.40. The lowest BCUT2D eigenvalue weighted by atomic mass is 10.0. The van der Waals surface area contributed by atoms with Crippen LogP contribution in [0.1, 0.15) is 17.5 Å². The van der Waals surface area contributed by atoms with Gasteiger partial charge < -0.3 is 5.73 Å². The molecule has 17 heavy (non-hydrogen) atoms. The highest BCUT2D eigenvalue weighted by atomic mass is 35.5. The number of hydrogen-bond acceptors (Lipinski definition) is 1. The predicted octanol–water partition coefficient (Wildman–Crippen LogP) is 3.18. The number of halogens is 4. The van der Waals surface area contributed by atoms with Gasteiger partial charge in [-0.2, -0.15) is 13.2 Å². The van der Waals surface area contributed by atoms with E-state index in [1.165, 1.54) is 6.07 Å². The van der Waals surface area contributed by atoms with Gasteiger partial charge in [0, 0.05) is 0 Å². The zero-order valence-electron chi connectivity index (χ0n) is 8.89. The van der Waals surface area contributed by atoms with Crippen molar-refractivity contribution in [3.8, 4) is 0 Å². The summed E-state index contributed by atoms with van der Waals surface area (Å²) in [6.07, 6.45) is -3.63. The topological polar surface area (TPSA) is 49.9 Å². The Morgan fingerprint density at radius 2 is 2.06 bits per heavy atom. The van der Waals surface area contributed by atoms with Gasteiger partial charge in [-0.1, -0.05) is 18.2 Å². The van der Waals surface area contributed by atoms with Crippen molar-refractivity contribution >= 4 is 17.4 Å². The van der Waals surface area contributed by atoms with E-state index in [-0.39, 0.29) is 5.84 Å². The molecule has 0 spiro atoms. The van der Waals surface area contributed by atoms with E-state index in [2.05, 4.69) is 0 Å². The Hall–Kier alpha value is -1.23. The van der Waals surface area contributed by atoms with Crippen LogP contribution in [0.2, 0.25) is 0 Å². The number of nitrogens with one attached hydrogen (secondary N) is 1. The summed E-state index contributed by atoms with van der Waals surface area (Å²) in [7, 11) is 0. The fraction of sp³-hybridized carbons (Fsp3) is 0.364. The van der Waals surface area contributed by atoms with E-state index >= 15 is 0 Å². The van der Waals surface area contributed by atoms with Crippen LogP contribution in [0, 0.1) is 5.41 Å². The second-order valence-electron chi connectivity index (χ2n) is 3.66. The molecule has 0 amide bonds. The highest BCUT2D eigenvalue weighted by Gasteiger charge is 2.30. The van der Waals surface area contributed by atoms with Gasteiger partial charge in [0.2, 0.25) is 0 Å². The van der Waals surface area contributed by atoms with Crippen molar-refractivity contribution in [2.24, 2.45) is 5.73 Å². The minimum Gasteiger partial charge on any atom is -0.386 e. The average molecular weight is 265 g/mol. The van der Waals surface area contributed by atoms with E-state index in [0.29, 0.717) is 18.4 Å². The summed E-state index contributed by atoms with van der Waals surface area (Å²) in [6, 6.07) is 5.06. The Morgan fingerprint density at radius 1 is 1.41 bits per heavy atom. The van der Waals surface area contributed by atoms with Crippen molar-refractivity contribution in [3.63, 3.8) is 0 Å². The number of hydrogen-bond donors (Lipinski definition) is 2. The molecule has 6 heteroatoms. The molecular formula is C11H12ClF3N2. The molecule has 0 aromatic heterocycles. The van der Waals surface area contributed by atoms with Crippen molar-refractivity contribution in [1.82, 2.24) is 0 Å². The highest BCUT2D eigenvalue weighted by Crippen LogP contribution is 2.29. The minimum atomic E-state index is -4.34. The van der Waals surface area contributed by atoms with Gasteiger partial charge in [-0.15, -0.1) is 11.6 Å². The van der Waals surface area contributed by atoms with E-state index in [1.54, 1.807) is 6.07 Å². The van der Waals surface area contributed by atoms with Gasteiger partial charge in [-0.25, -0.2) is 0 Å². The van der Waals surface area contributed by atoms with Crippen LogP contribution >= 0.6 is 11.6 Å². The van der Waals surface area contributed by atoms with Crippen LogP contribution < -0.4 is 5.73 Å². The lowest BCUT2D eigenvalue weighted by Gasteiger charge is -2.10. The third kappa shape index (κ3) is 4.26. The molecule has 2 nitrogen and oxygen atoms in total. The number of amidine groups is 1. The summed E-state index contributed by atoms with van der Waals surface area (Å²) in [5.74, 6) is -0.168. The summed E-state index contributed by atoms with van der Waals surface area (Å²) in [5.41, 5.74) is 5.03. The number of benzene rings is 1. The minimum absolute atomic E-state index is 0.168. The van der Waals surface area contributed by atoms with Gasteiger partial charge in [0.15, 0.2) is 0 Å². The molecule has 0 aliphatic rings. The Labute approximate surface area is 102 Å². The normalized spacial score (nSPS) is 13.4. The number of rotatable bonds is 4. The molecule has 3 N–H and O–H groups in total. The maximum absolute atomic E-state index is 12.4. The molecule has 0 heterocycles. The molecule has 0 saturated heterocycles. The quantitative estimate of drug-likeness (QED) is 0.490. The molecule has 0 fully saturated rings. The van der Waals surface area contributed by atoms with E-state index in [9.17, 15) is 13.2 Å². The first-order chi connectivity index (χ1) is 7.80. The molecule has 94 valence electrons. The van der Waals surface area contributed by atoms with Crippen molar-refractivity contribution < 1.29 is 13.2 Å². The van der Waals surface area contributed by atoms with Crippen LogP contribution in [-0.2, 0) is 12.6 Å². The summed E-state index contributed by atoms with van der Waals surface area (Å²) in [6.45, 7) is 0. The van der Waals surface area contributed by atoms with Crippen LogP contribution in [0.5, 0.6) is 0 Å². The summed E-state index contributed by atoms with van der Waals surface area (Å²) in [4.78, 5) is 0. The molecule has 1 unspecified atom stereocenters. The molecule has 0 aliphatic carbocycles. The van der Waals surface area contributed by atoms with Crippen LogP contribution in [0.25, 0.3) is 0 Å². The summed E-state index contributed by atoms with van der Waals surface area (Å²) >= 11 is 5.72. The van der Waals surface area contributed by atoms with Crippen molar-refractivity contribution in [1.29, 1.82) is 5.41 Å². The van der Waals surface area contributed by atoms with Gasteiger partial charge in [0.25, 0.3) is 0 Å². The third-order valence-corrected chi connectivity index (χ3v) is 2.73. The first kappa shape index (κ1) is 13.8. The van der Waals surface area contributed by atoms with Crippen molar-refractivity contribution in [3.05, 3.63) is 35.4 Å². The number of alkyl halides is 4. The second-order valence-corrected chi connectivity index (χ2v) is 4.19. The van der Waals surface area contributed by atoms with Gasteiger partial charge in [0.1, 0.15) is 5.84 Å². The number of aryl methyl sites for hydroxylation is 1. The van der Waals surface area contributed by atoms with Crippen LogP contribution in [-0.4, -0.2) is 11.2 Å².